The highest BCUT2D eigenvalue weighted by molar-refractivity contribution is 7.98. The second-order valence-corrected chi connectivity index (χ2v) is 7.29. The molecule has 1 aliphatic rings. The van der Waals surface area contributed by atoms with Crippen molar-refractivity contribution < 1.29 is 4.79 Å². The van der Waals surface area contributed by atoms with Crippen LogP contribution >= 0.6 is 35.3 Å². The monoisotopic (exact) mass is 314 g/mol. The number of aryl methyl sites for hydroxylation is 1. The molecule has 1 unspecified atom stereocenters. The quantitative estimate of drug-likeness (QED) is 0.821. The van der Waals surface area contributed by atoms with Gasteiger partial charge < -0.3 is 11.1 Å². The minimum atomic E-state index is -0.194. The van der Waals surface area contributed by atoms with E-state index >= 15 is 0 Å². The maximum Gasteiger partial charge on any atom is 0.261 e. The van der Waals surface area contributed by atoms with Crippen molar-refractivity contribution in [3.63, 3.8) is 0 Å². The van der Waals surface area contributed by atoms with E-state index in [1.807, 2.05) is 17.8 Å². The van der Waals surface area contributed by atoms with Crippen molar-refractivity contribution in [1.29, 1.82) is 0 Å². The van der Waals surface area contributed by atoms with Crippen LogP contribution < -0.4 is 11.1 Å². The van der Waals surface area contributed by atoms with Crippen LogP contribution in [-0.2, 0) is 12.2 Å². The molecular weight excluding hydrogens is 296 g/mol. The van der Waals surface area contributed by atoms with Gasteiger partial charge in [-0.3, -0.25) is 4.79 Å². The summed E-state index contributed by atoms with van der Waals surface area (Å²) < 4.78 is 0. The number of nitrogens with one attached hydrogen (secondary N) is 1. The van der Waals surface area contributed by atoms with Gasteiger partial charge in [-0.1, -0.05) is 25.6 Å². The Bertz CT molecular complexity index is 461. The summed E-state index contributed by atoms with van der Waals surface area (Å²) in [6, 6.07) is 1.82. The van der Waals surface area contributed by atoms with E-state index < -0.39 is 0 Å². The molecule has 0 bridgehead atoms. The van der Waals surface area contributed by atoms with Crippen molar-refractivity contribution in [2.45, 2.75) is 38.0 Å². The largest absolute Gasteiger partial charge is 0.392 e. The molecule has 2 heterocycles. The zero-order valence-electron chi connectivity index (χ0n) is 10.9. The first-order chi connectivity index (χ1) is 9.11. The fraction of sp³-hybridized carbons (Fsp3) is 0.538. The number of carbonyl (C=O) groups is 1. The van der Waals surface area contributed by atoms with Gasteiger partial charge in [-0.2, -0.15) is 11.8 Å². The van der Waals surface area contributed by atoms with E-state index in [9.17, 15) is 4.79 Å². The molecule has 0 saturated carbocycles. The SMILES string of the molecule is CCCC(NC(=O)c1cc2c(s1)CCSC2)C(N)=S. The second kappa shape index (κ2) is 6.72. The summed E-state index contributed by atoms with van der Waals surface area (Å²) in [7, 11) is 0. The van der Waals surface area contributed by atoms with Crippen molar-refractivity contribution >= 4 is 46.2 Å². The molecule has 6 heteroatoms. The van der Waals surface area contributed by atoms with E-state index in [1.165, 1.54) is 10.4 Å². The molecule has 1 amide bonds. The Morgan fingerprint density at radius 3 is 3.05 bits per heavy atom. The molecule has 1 aromatic rings. The number of nitrogens with two attached hydrogens (primary N) is 1. The van der Waals surface area contributed by atoms with Gasteiger partial charge in [-0.05, 0) is 30.2 Å². The molecular formula is C13H18N2OS3. The Hall–Kier alpha value is -0.590. The van der Waals surface area contributed by atoms with Crippen LogP contribution in [-0.4, -0.2) is 22.7 Å². The fourth-order valence-corrected chi connectivity index (χ4v) is 4.51. The van der Waals surface area contributed by atoms with Crippen molar-refractivity contribution in [1.82, 2.24) is 5.32 Å². The van der Waals surface area contributed by atoms with Crippen molar-refractivity contribution in [2.75, 3.05) is 5.75 Å². The zero-order chi connectivity index (χ0) is 13.8. The lowest BCUT2D eigenvalue weighted by molar-refractivity contribution is 0.0949. The predicted molar refractivity (Wildman–Crippen MR) is 87.1 cm³/mol. The number of amides is 1. The number of thiophene rings is 1. The minimum Gasteiger partial charge on any atom is -0.392 e. The van der Waals surface area contributed by atoms with Gasteiger partial charge in [0.2, 0.25) is 0 Å². The molecule has 0 fully saturated rings. The molecule has 0 radical (unpaired) electrons. The first-order valence-corrected chi connectivity index (χ1v) is 8.79. The average Bonchev–Trinajstić information content (AvgIpc) is 2.81. The highest BCUT2D eigenvalue weighted by Gasteiger charge is 2.20. The standard InChI is InChI=1S/C13H18N2OS3/c1-2-3-9(12(14)17)15-13(16)11-6-8-7-18-5-4-10(8)19-11/h6,9H,2-5,7H2,1H3,(H2,14,17)(H,15,16). The Morgan fingerprint density at radius 2 is 2.42 bits per heavy atom. The first-order valence-electron chi connectivity index (χ1n) is 6.41. The van der Waals surface area contributed by atoms with Crippen LogP contribution in [0.4, 0.5) is 0 Å². The zero-order valence-corrected chi connectivity index (χ0v) is 13.4. The molecule has 3 N–H and O–H groups in total. The van der Waals surface area contributed by atoms with Crippen LogP contribution in [0.25, 0.3) is 0 Å². The Balaban J connectivity index is 2.06. The van der Waals surface area contributed by atoms with Crippen molar-refractivity contribution in [2.24, 2.45) is 5.73 Å². The number of fused-ring (bicyclic) bond motifs is 1. The van der Waals surface area contributed by atoms with Crippen LogP contribution in [0.3, 0.4) is 0 Å². The topological polar surface area (TPSA) is 55.1 Å². The fourth-order valence-electron chi connectivity index (χ4n) is 2.06. The third-order valence-electron chi connectivity index (χ3n) is 3.08. The van der Waals surface area contributed by atoms with Gasteiger partial charge in [0.05, 0.1) is 15.9 Å². The van der Waals surface area contributed by atoms with Crippen LogP contribution in [0.1, 0.15) is 39.9 Å². The molecule has 1 aliphatic heterocycles. The maximum absolute atomic E-state index is 12.2. The highest BCUT2D eigenvalue weighted by atomic mass is 32.2. The predicted octanol–water partition coefficient (Wildman–Crippen LogP) is 2.72. The highest BCUT2D eigenvalue weighted by Crippen LogP contribution is 2.31. The van der Waals surface area contributed by atoms with E-state index in [0.29, 0.717) is 4.99 Å². The van der Waals surface area contributed by atoms with E-state index in [4.69, 9.17) is 18.0 Å². The van der Waals surface area contributed by atoms with E-state index in [-0.39, 0.29) is 11.9 Å². The molecule has 2 rings (SSSR count). The summed E-state index contributed by atoms with van der Waals surface area (Å²) in [4.78, 5) is 14.7. The van der Waals surface area contributed by atoms with Crippen LogP contribution in [0, 0.1) is 0 Å². The van der Waals surface area contributed by atoms with Crippen molar-refractivity contribution in [3.8, 4) is 0 Å². The van der Waals surface area contributed by atoms with Gasteiger partial charge in [0.15, 0.2) is 0 Å². The Kier molecular flexibility index (Phi) is 5.24. The van der Waals surface area contributed by atoms with Gasteiger partial charge in [-0.15, -0.1) is 11.3 Å². The second-order valence-electron chi connectivity index (χ2n) is 4.58. The van der Waals surface area contributed by atoms with Gasteiger partial charge in [-0.25, -0.2) is 0 Å². The molecule has 3 nitrogen and oxygen atoms in total. The third kappa shape index (κ3) is 3.70. The van der Waals surface area contributed by atoms with Gasteiger partial charge in [0, 0.05) is 10.6 Å². The number of carbonyl (C=O) groups excluding carboxylic acids is 1. The van der Waals surface area contributed by atoms with Crippen LogP contribution in [0.5, 0.6) is 0 Å². The Labute approximate surface area is 127 Å². The van der Waals surface area contributed by atoms with E-state index in [0.717, 1.165) is 35.6 Å². The summed E-state index contributed by atoms with van der Waals surface area (Å²) >= 11 is 8.53. The number of rotatable bonds is 5. The molecule has 104 valence electrons. The van der Waals surface area contributed by atoms with Gasteiger partial charge in [0.25, 0.3) is 5.91 Å². The number of hydrogen-bond acceptors (Lipinski definition) is 4. The van der Waals surface area contributed by atoms with Gasteiger partial charge in [0.1, 0.15) is 0 Å². The molecule has 0 aromatic carbocycles. The molecule has 1 atom stereocenters. The van der Waals surface area contributed by atoms with E-state index in [1.54, 1.807) is 11.3 Å². The summed E-state index contributed by atoms with van der Waals surface area (Å²) in [5.41, 5.74) is 6.98. The molecule has 0 spiro atoms. The molecule has 19 heavy (non-hydrogen) atoms. The lowest BCUT2D eigenvalue weighted by Crippen LogP contribution is -2.43. The number of thioether (sulfide) groups is 1. The normalized spacial score (nSPS) is 15.6. The van der Waals surface area contributed by atoms with Crippen LogP contribution in [0.15, 0.2) is 6.07 Å². The Morgan fingerprint density at radius 1 is 1.63 bits per heavy atom. The third-order valence-corrected chi connectivity index (χ3v) is 5.61. The van der Waals surface area contributed by atoms with Gasteiger partial charge >= 0.3 is 0 Å². The molecule has 1 aromatic heterocycles. The lowest BCUT2D eigenvalue weighted by Gasteiger charge is -2.15. The number of thiocarbonyl (C=S) groups is 1. The van der Waals surface area contributed by atoms with Crippen molar-refractivity contribution in [3.05, 3.63) is 21.4 Å². The summed E-state index contributed by atoms with van der Waals surface area (Å²) in [5, 5.41) is 2.94. The summed E-state index contributed by atoms with van der Waals surface area (Å²) in [6.07, 6.45) is 2.81. The maximum atomic E-state index is 12.2. The lowest BCUT2D eigenvalue weighted by atomic mass is 10.1. The summed E-state index contributed by atoms with van der Waals surface area (Å²) in [6.45, 7) is 2.05. The first kappa shape index (κ1) is 14.8. The smallest absolute Gasteiger partial charge is 0.261 e. The number of hydrogen-bond donors (Lipinski definition) is 2. The molecule has 0 saturated heterocycles. The minimum absolute atomic E-state index is 0.0457. The summed E-state index contributed by atoms with van der Waals surface area (Å²) in [5.74, 6) is 2.13. The van der Waals surface area contributed by atoms with Crippen LogP contribution in [0.2, 0.25) is 0 Å². The molecule has 0 aliphatic carbocycles. The average molecular weight is 315 g/mol. The van der Waals surface area contributed by atoms with E-state index in [2.05, 4.69) is 12.2 Å².